The standard InChI is InChI=1S/C27H43NO2/c1-16-10-13-27(28-15-16)17(2)24-22(30-27)14-21-19-9-8-18-6-5-7-23(29)26(18,4)20(19)11-12-25(21,24)3/h7,16-22,24,28-29H,5-6,8-15H2,1-4H3/t16?,17-,18+,19+,20+,21-,22-,24-,25+,26-,27?/m0/s1. The summed E-state index contributed by atoms with van der Waals surface area (Å²) in [5, 5.41) is 14.9. The molecular weight excluding hydrogens is 370 g/mol. The number of allylic oxidation sites excluding steroid dienone is 2. The molecule has 0 radical (unpaired) electrons. The highest BCUT2D eigenvalue weighted by Crippen LogP contribution is 2.71. The Morgan fingerprint density at radius 1 is 1.03 bits per heavy atom. The number of piperidine rings is 1. The minimum Gasteiger partial charge on any atom is -0.512 e. The van der Waals surface area contributed by atoms with Crippen molar-refractivity contribution in [1.82, 2.24) is 5.32 Å². The summed E-state index contributed by atoms with van der Waals surface area (Å²) in [6.45, 7) is 11.0. The van der Waals surface area contributed by atoms with Crippen molar-refractivity contribution in [2.24, 2.45) is 52.3 Å². The number of hydrogen-bond acceptors (Lipinski definition) is 3. The zero-order chi connectivity index (χ0) is 20.9. The number of ether oxygens (including phenoxy) is 1. The van der Waals surface area contributed by atoms with Gasteiger partial charge >= 0.3 is 0 Å². The molecule has 5 fully saturated rings. The van der Waals surface area contributed by atoms with Crippen LogP contribution in [0.2, 0.25) is 0 Å². The van der Waals surface area contributed by atoms with Gasteiger partial charge in [-0.1, -0.05) is 27.7 Å². The molecule has 6 rings (SSSR count). The van der Waals surface area contributed by atoms with Gasteiger partial charge in [-0.25, -0.2) is 0 Å². The van der Waals surface area contributed by atoms with Crippen LogP contribution in [0.4, 0.5) is 0 Å². The summed E-state index contributed by atoms with van der Waals surface area (Å²) in [5.41, 5.74) is 0.395. The fourth-order valence-corrected chi connectivity index (χ4v) is 10.1. The number of nitrogens with one attached hydrogen (secondary N) is 1. The Hall–Kier alpha value is -0.540. The Bertz CT molecular complexity index is 739. The highest BCUT2D eigenvalue weighted by molar-refractivity contribution is 5.21. The largest absolute Gasteiger partial charge is 0.512 e. The maximum atomic E-state index is 11.0. The average Bonchev–Trinajstić information content (AvgIpc) is 3.16. The molecule has 11 atom stereocenters. The van der Waals surface area contributed by atoms with Gasteiger partial charge in [0.25, 0.3) is 0 Å². The molecule has 0 aromatic carbocycles. The fraction of sp³-hybridized carbons (Fsp3) is 0.926. The van der Waals surface area contributed by atoms with Crippen molar-refractivity contribution in [2.75, 3.05) is 6.54 Å². The molecule has 2 unspecified atom stereocenters. The van der Waals surface area contributed by atoms with E-state index >= 15 is 0 Å². The van der Waals surface area contributed by atoms with E-state index < -0.39 is 0 Å². The van der Waals surface area contributed by atoms with E-state index in [4.69, 9.17) is 4.74 Å². The number of fused-ring (bicyclic) bond motifs is 7. The summed E-state index contributed by atoms with van der Waals surface area (Å²) in [5.74, 6) is 5.74. The molecule has 30 heavy (non-hydrogen) atoms. The van der Waals surface area contributed by atoms with E-state index in [1.165, 1.54) is 51.4 Å². The number of aliphatic hydroxyl groups excluding tert-OH is 1. The van der Waals surface area contributed by atoms with Crippen LogP contribution in [0.5, 0.6) is 0 Å². The highest BCUT2D eigenvalue weighted by atomic mass is 16.5. The van der Waals surface area contributed by atoms with Crippen LogP contribution in [0.15, 0.2) is 11.8 Å². The molecule has 2 N–H and O–H groups in total. The first-order chi connectivity index (χ1) is 14.3. The zero-order valence-electron chi connectivity index (χ0n) is 19.6. The van der Waals surface area contributed by atoms with Crippen molar-refractivity contribution in [3.63, 3.8) is 0 Å². The summed E-state index contributed by atoms with van der Waals surface area (Å²) >= 11 is 0. The van der Waals surface area contributed by atoms with Gasteiger partial charge in [0.15, 0.2) is 0 Å². The summed E-state index contributed by atoms with van der Waals surface area (Å²) in [6, 6.07) is 0. The second-order valence-electron chi connectivity index (χ2n) is 12.8. The van der Waals surface area contributed by atoms with Gasteiger partial charge in [0.2, 0.25) is 0 Å². The minimum absolute atomic E-state index is 0.0367. The van der Waals surface area contributed by atoms with Crippen LogP contribution < -0.4 is 5.32 Å². The normalized spacial score (nSPS) is 59.8. The van der Waals surface area contributed by atoms with Crippen LogP contribution in [-0.2, 0) is 4.74 Å². The van der Waals surface area contributed by atoms with Gasteiger partial charge < -0.3 is 9.84 Å². The van der Waals surface area contributed by atoms with Gasteiger partial charge in [0, 0.05) is 17.9 Å². The summed E-state index contributed by atoms with van der Waals surface area (Å²) in [6.07, 6.45) is 14.0. The zero-order valence-corrected chi connectivity index (χ0v) is 19.6. The van der Waals surface area contributed by atoms with Crippen molar-refractivity contribution in [1.29, 1.82) is 0 Å². The van der Waals surface area contributed by atoms with Crippen LogP contribution in [0.3, 0.4) is 0 Å². The molecule has 4 aliphatic carbocycles. The summed E-state index contributed by atoms with van der Waals surface area (Å²) in [7, 11) is 0. The van der Waals surface area contributed by atoms with Crippen molar-refractivity contribution in [3.8, 4) is 0 Å². The lowest BCUT2D eigenvalue weighted by atomic mass is 9.45. The van der Waals surface area contributed by atoms with E-state index in [1.807, 2.05) is 0 Å². The van der Waals surface area contributed by atoms with E-state index in [0.717, 1.165) is 36.5 Å². The Kier molecular flexibility index (Phi) is 4.35. The maximum absolute atomic E-state index is 11.0. The molecule has 1 spiro atoms. The third-order valence-electron chi connectivity index (χ3n) is 11.8. The van der Waals surface area contributed by atoms with Crippen LogP contribution in [0.25, 0.3) is 0 Å². The van der Waals surface area contributed by atoms with Gasteiger partial charge in [-0.05, 0) is 105 Å². The second kappa shape index (κ2) is 6.50. The third-order valence-corrected chi connectivity index (χ3v) is 11.8. The molecule has 0 bridgehead atoms. The Morgan fingerprint density at radius 2 is 1.87 bits per heavy atom. The maximum Gasteiger partial charge on any atom is 0.122 e. The lowest BCUT2D eigenvalue weighted by molar-refractivity contribution is -0.126. The number of hydrogen-bond donors (Lipinski definition) is 2. The molecular formula is C27H43NO2. The highest BCUT2D eigenvalue weighted by Gasteiger charge is 2.68. The molecule has 168 valence electrons. The van der Waals surface area contributed by atoms with Gasteiger partial charge in [0.1, 0.15) is 5.72 Å². The van der Waals surface area contributed by atoms with E-state index in [0.29, 0.717) is 35.2 Å². The molecule has 0 amide bonds. The molecule has 0 aromatic heterocycles. The van der Waals surface area contributed by atoms with Crippen LogP contribution >= 0.6 is 0 Å². The average molecular weight is 414 g/mol. The molecule has 3 saturated carbocycles. The summed E-state index contributed by atoms with van der Waals surface area (Å²) < 4.78 is 6.99. The van der Waals surface area contributed by atoms with Crippen LogP contribution in [0.1, 0.15) is 85.5 Å². The van der Waals surface area contributed by atoms with Gasteiger partial charge in [-0.2, -0.15) is 0 Å². The second-order valence-corrected chi connectivity index (χ2v) is 12.8. The Morgan fingerprint density at radius 3 is 2.63 bits per heavy atom. The van der Waals surface area contributed by atoms with Crippen molar-refractivity contribution in [3.05, 3.63) is 11.8 Å². The van der Waals surface area contributed by atoms with Crippen LogP contribution in [-0.4, -0.2) is 23.5 Å². The molecule has 3 nitrogen and oxygen atoms in total. The van der Waals surface area contributed by atoms with Gasteiger partial charge in [-0.3, -0.25) is 5.32 Å². The first-order valence-electron chi connectivity index (χ1n) is 13.1. The summed E-state index contributed by atoms with van der Waals surface area (Å²) in [4.78, 5) is 0. The Balaban J connectivity index is 1.29. The lowest BCUT2D eigenvalue weighted by Gasteiger charge is -2.60. The molecule has 2 aliphatic heterocycles. The molecule has 2 heterocycles. The lowest BCUT2D eigenvalue weighted by Crippen LogP contribution is -2.57. The number of rotatable bonds is 0. The van der Waals surface area contributed by atoms with Gasteiger partial charge in [0.05, 0.1) is 11.9 Å². The molecule has 3 heteroatoms. The fourth-order valence-electron chi connectivity index (χ4n) is 10.1. The Labute approximate surface area is 183 Å². The molecule has 2 saturated heterocycles. The van der Waals surface area contributed by atoms with E-state index in [1.54, 1.807) is 0 Å². The third kappa shape index (κ3) is 2.40. The topological polar surface area (TPSA) is 41.5 Å². The molecule has 6 aliphatic rings. The minimum atomic E-state index is -0.0549. The number of aliphatic hydroxyl groups is 1. The van der Waals surface area contributed by atoms with Gasteiger partial charge in [-0.15, -0.1) is 0 Å². The first-order valence-corrected chi connectivity index (χ1v) is 13.1. The van der Waals surface area contributed by atoms with Crippen molar-refractivity contribution in [2.45, 2.75) is 97.3 Å². The molecule has 0 aromatic rings. The van der Waals surface area contributed by atoms with Crippen molar-refractivity contribution >= 4 is 0 Å². The predicted molar refractivity (Wildman–Crippen MR) is 120 cm³/mol. The van der Waals surface area contributed by atoms with Crippen LogP contribution in [0, 0.1) is 52.3 Å². The SMILES string of the molecule is CC1CCC2(NC1)O[C@H]1C[C@H]3[C@@H]4CC[C@H]5CCC=C(O)[C@]5(C)[C@@H]4CC[C@@]3(C)[C@H]1[C@@H]2C. The smallest absolute Gasteiger partial charge is 0.122 e. The van der Waals surface area contributed by atoms with E-state index in [-0.39, 0.29) is 11.1 Å². The first kappa shape index (κ1) is 20.1. The predicted octanol–water partition coefficient (Wildman–Crippen LogP) is 6.06. The monoisotopic (exact) mass is 413 g/mol. The van der Waals surface area contributed by atoms with Crippen molar-refractivity contribution < 1.29 is 9.84 Å². The van der Waals surface area contributed by atoms with E-state index in [9.17, 15) is 5.11 Å². The quantitative estimate of drug-likeness (QED) is 0.507. The van der Waals surface area contributed by atoms with E-state index in [2.05, 4.69) is 39.1 Å².